The third kappa shape index (κ3) is 5.44. The van der Waals surface area contributed by atoms with Crippen LogP contribution >= 0.6 is 0 Å². The molecule has 2 aliphatic rings. The highest BCUT2D eigenvalue weighted by atomic mass is 19.1. The van der Waals surface area contributed by atoms with Crippen molar-refractivity contribution in [2.24, 2.45) is 4.99 Å². The molecule has 1 aromatic rings. The van der Waals surface area contributed by atoms with Crippen molar-refractivity contribution in [2.75, 3.05) is 52.4 Å². The Labute approximate surface area is 167 Å². The van der Waals surface area contributed by atoms with E-state index in [4.69, 9.17) is 4.99 Å². The number of carbonyl (C=O) groups is 1. The summed E-state index contributed by atoms with van der Waals surface area (Å²) in [5.74, 6) is 0.793. The van der Waals surface area contributed by atoms with Gasteiger partial charge in [-0.2, -0.15) is 0 Å². The Hall–Kier alpha value is -2.15. The Morgan fingerprint density at radius 1 is 1.21 bits per heavy atom. The number of amides is 1. The van der Waals surface area contributed by atoms with Crippen LogP contribution in [-0.2, 0) is 10.2 Å². The van der Waals surface area contributed by atoms with E-state index in [9.17, 15) is 9.18 Å². The molecule has 1 saturated carbocycles. The molecule has 1 saturated heterocycles. The summed E-state index contributed by atoms with van der Waals surface area (Å²) in [5.41, 5.74) is 1.04. The zero-order valence-electron chi connectivity index (χ0n) is 17.0. The fraction of sp³-hybridized carbons (Fsp3) is 0.619. The molecule has 1 aromatic carbocycles. The number of halogens is 1. The van der Waals surface area contributed by atoms with Crippen molar-refractivity contribution in [3.8, 4) is 0 Å². The average Bonchev–Trinajstić information content (AvgIpc) is 3.48. The van der Waals surface area contributed by atoms with E-state index in [-0.39, 0.29) is 17.1 Å². The van der Waals surface area contributed by atoms with Gasteiger partial charge in [-0.1, -0.05) is 12.1 Å². The number of hydrogen-bond donors (Lipinski definition) is 2. The fourth-order valence-electron chi connectivity index (χ4n) is 3.70. The van der Waals surface area contributed by atoms with Crippen molar-refractivity contribution in [3.05, 3.63) is 35.6 Å². The summed E-state index contributed by atoms with van der Waals surface area (Å²) in [6.07, 6.45) is 2.11. The molecule has 1 aliphatic carbocycles. The standard InChI is InChI=1S/C21H32FN5O/c1-3-23-20(24-9-10-26-11-13-27(14-12-26)17(2)28)25-16-21(7-8-21)18-5-4-6-19(22)15-18/h4-6,15H,3,7-14,16H2,1-2H3,(H2,23,24,25). The van der Waals surface area contributed by atoms with Crippen LogP contribution in [0.5, 0.6) is 0 Å². The van der Waals surface area contributed by atoms with Gasteiger partial charge in [-0.3, -0.25) is 14.7 Å². The quantitative estimate of drug-likeness (QED) is 0.549. The average molecular weight is 390 g/mol. The van der Waals surface area contributed by atoms with Crippen LogP contribution in [0.4, 0.5) is 4.39 Å². The normalized spacial score (nSPS) is 19.4. The highest BCUT2D eigenvalue weighted by Gasteiger charge is 2.44. The molecule has 1 aliphatic heterocycles. The van der Waals surface area contributed by atoms with Crippen LogP contribution in [0.1, 0.15) is 32.3 Å². The molecule has 3 rings (SSSR count). The van der Waals surface area contributed by atoms with Gasteiger partial charge in [0.25, 0.3) is 0 Å². The van der Waals surface area contributed by atoms with Gasteiger partial charge < -0.3 is 15.5 Å². The summed E-state index contributed by atoms with van der Waals surface area (Å²) >= 11 is 0. The van der Waals surface area contributed by atoms with E-state index in [1.807, 2.05) is 11.0 Å². The third-order valence-electron chi connectivity index (χ3n) is 5.71. The minimum absolute atomic E-state index is 0.00648. The number of nitrogens with one attached hydrogen (secondary N) is 2. The molecular weight excluding hydrogens is 357 g/mol. The molecule has 0 unspecified atom stereocenters. The van der Waals surface area contributed by atoms with E-state index in [0.29, 0.717) is 6.54 Å². The number of rotatable bonds is 7. The number of hydrogen-bond acceptors (Lipinski definition) is 3. The van der Waals surface area contributed by atoms with Crippen molar-refractivity contribution >= 4 is 11.9 Å². The topological polar surface area (TPSA) is 60.0 Å². The molecule has 0 bridgehead atoms. The van der Waals surface area contributed by atoms with Gasteiger partial charge in [0.2, 0.25) is 5.91 Å². The molecule has 0 aromatic heterocycles. The molecule has 6 nitrogen and oxygen atoms in total. The zero-order chi connectivity index (χ0) is 20.0. The lowest BCUT2D eigenvalue weighted by atomic mass is 9.96. The van der Waals surface area contributed by atoms with Gasteiger partial charge in [-0.05, 0) is 37.5 Å². The zero-order valence-corrected chi connectivity index (χ0v) is 17.0. The molecule has 0 radical (unpaired) electrons. The van der Waals surface area contributed by atoms with Crippen LogP contribution in [0.3, 0.4) is 0 Å². The third-order valence-corrected chi connectivity index (χ3v) is 5.71. The second-order valence-corrected chi connectivity index (χ2v) is 7.76. The second-order valence-electron chi connectivity index (χ2n) is 7.76. The summed E-state index contributed by atoms with van der Waals surface area (Å²) in [4.78, 5) is 20.4. The Balaban J connectivity index is 1.48. The van der Waals surface area contributed by atoms with Crippen LogP contribution in [-0.4, -0.2) is 74.0 Å². The number of guanidine groups is 1. The highest BCUT2D eigenvalue weighted by Crippen LogP contribution is 2.48. The molecule has 2 fully saturated rings. The molecule has 7 heteroatoms. The number of benzene rings is 1. The summed E-state index contributed by atoms with van der Waals surface area (Å²) in [5, 5.41) is 6.71. The van der Waals surface area contributed by atoms with E-state index in [1.165, 1.54) is 6.07 Å². The summed E-state index contributed by atoms with van der Waals surface area (Å²) < 4.78 is 13.6. The predicted octanol–water partition coefficient (Wildman–Crippen LogP) is 1.58. The lowest BCUT2D eigenvalue weighted by Gasteiger charge is -2.34. The van der Waals surface area contributed by atoms with Gasteiger partial charge in [-0.25, -0.2) is 4.39 Å². The van der Waals surface area contributed by atoms with Gasteiger partial charge in [0.15, 0.2) is 5.96 Å². The highest BCUT2D eigenvalue weighted by molar-refractivity contribution is 5.79. The minimum atomic E-state index is -0.178. The Morgan fingerprint density at radius 2 is 1.96 bits per heavy atom. The van der Waals surface area contributed by atoms with Gasteiger partial charge in [0.05, 0.1) is 6.54 Å². The molecule has 0 atom stereocenters. The summed E-state index contributed by atoms with van der Waals surface area (Å²) in [6, 6.07) is 6.92. The Kier molecular flexibility index (Phi) is 6.88. The Morgan fingerprint density at radius 3 is 2.57 bits per heavy atom. The van der Waals surface area contributed by atoms with E-state index >= 15 is 0 Å². The molecule has 154 valence electrons. The van der Waals surface area contributed by atoms with E-state index in [2.05, 4.69) is 22.5 Å². The minimum Gasteiger partial charge on any atom is -0.357 e. The first-order chi connectivity index (χ1) is 13.5. The first-order valence-electron chi connectivity index (χ1n) is 10.3. The largest absolute Gasteiger partial charge is 0.357 e. The molecule has 1 amide bonds. The maximum absolute atomic E-state index is 13.6. The smallest absolute Gasteiger partial charge is 0.219 e. The number of nitrogens with zero attached hydrogens (tertiary/aromatic N) is 3. The van der Waals surface area contributed by atoms with Gasteiger partial charge in [0.1, 0.15) is 5.82 Å². The van der Waals surface area contributed by atoms with Gasteiger partial charge >= 0.3 is 0 Å². The van der Waals surface area contributed by atoms with Crippen LogP contribution in [0, 0.1) is 5.82 Å². The van der Waals surface area contributed by atoms with Crippen molar-refractivity contribution in [1.82, 2.24) is 20.4 Å². The van der Waals surface area contributed by atoms with Crippen molar-refractivity contribution < 1.29 is 9.18 Å². The van der Waals surface area contributed by atoms with Crippen LogP contribution in [0.15, 0.2) is 29.3 Å². The van der Waals surface area contributed by atoms with Gasteiger partial charge in [0, 0.05) is 58.2 Å². The van der Waals surface area contributed by atoms with Crippen LogP contribution in [0.2, 0.25) is 0 Å². The maximum atomic E-state index is 13.6. The number of piperazine rings is 1. The lowest BCUT2D eigenvalue weighted by Crippen LogP contribution is -2.50. The Bertz CT molecular complexity index is 696. The molecule has 2 N–H and O–H groups in total. The van der Waals surface area contributed by atoms with E-state index in [1.54, 1.807) is 19.1 Å². The molecule has 28 heavy (non-hydrogen) atoms. The maximum Gasteiger partial charge on any atom is 0.219 e. The number of carbonyl (C=O) groups excluding carboxylic acids is 1. The first-order valence-corrected chi connectivity index (χ1v) is 10.3. The van der Waals surface area contributed by atoms with Crippen molar-refractivity contribution in [1.29, 1.82) is 0 Å². The number of aliphatic imine (C=N–C) groups is 1. The fourth-order valence-corrected chi connectivity index (χ4v) is 3.70. The summed E-state index contributed by atoms with van der Waals surface area (Å²) in [6.45, 7) is 10.3. The molecule has 0 spiro atoms. The molecular formula is C21H32FN5O. The molecule has 1 heterocycles. The van der Waals surface area contributed by atoms with Gasteiger partial charge in [-0.15, -0.1) is 0 Å². The van der Waals surface area contributed by atoms with E-state index in [0.717, 1.165) is 70.2 Å². The monoisotopic (exact) mass is 389 g/mol. The second kappa shape index (κ2) is 9.37. The first kappa shape index (κ1) is 20.6. The van der Waals surface area contributed by atoms with Crippen LogP contribution < -0.4 is 10.6 Å². The SMILES string of the molecule is CCNC(=NCC1(c2cccc(F)c2)CC1)NCCN1CCN(C(C)=O)CC1. The van der Waals surface area contributed by atoms with Crippen molar-refractivity contribution in [3.63, 3.8) is 0 Å². The summed E-state index contributed by atoms with van der Waals surface area (Å²) in [7, 11) is 0. The van der Waals surface area contributed by atoms with Crippen LogP contribution in [0.25, 0.3) is 0 Å². The van der Waals surface area contributed by atoms with E-state index < -0.39 is 0 Å². The lowest BCUT2D eigenvalue weighted by molar-refractivity contribution is -0.130. The van der Waals surface area contributed by atoms with Crippen molar-refractivity contribution in [2.45, 2.75) is 32.1 Å². The predicted molar refractivity (Wildman–Crippen MR) is 110 cm³/mol.